The van der Waals surface area contributed by atoms with Gasteiger partial charge in [0.1, 0.15) is 6.61 Å². The van der Waals surface area contributed by atoms with Gasteiger partial charge in [-0.05, 0) is 23.8 Å². The summed E-state index contributed by atoms with van der Waals surface area (Å²) in [6.45, 7) is 1.65. The first-order valence-corrected chi connectivity index (χ1v) is 5.19. The summed E-state index contributed by atoms with van der Waals surface area (Å²) in [5, 5.41) is 0. The van der Waals surface area contributed by atoms with Crippen LogP contribution in [0.25, 0.3) is 6.08 Å². The zero-order valence-corrected chi connectivity index (χ0v) is 10.2. The Kier molecular flexibility index (Phi) is 5.07. The molecule has 0 bridgehead atoms. The maximum absolute atomic E-state index is 10.5. The van der Waals surface area contributed by atoms with Crippen LogP contribution in [0.2, 0.25) is 0 Å². The lowest BCUT2D eigenvalue weighted by Gasteiger charge is -2.07. The average Bonchev–Trinajstić information content (AvgIpc) is 2.34. The number of benzene rings is 1. The van der Waals surface area contributed by atoms with E-state index in [0.717, 1.165) is 5.56 Å². The Labute approximate surface area is 101 Å². The minimum absolute atomic E-state index is 0.268. The van der Waals surface area contributed by atoms with Crippen molar-refractivity contribution in [3.05, 3.63) is 29.8 Å². The number of carbonyl (C=O) groups excluding carboxylic acids is 1. The smallest absolute Gasteiger partial charge is 0.302 e. The van der Waals surface area contributed by atoms with Gasteiger partial charge in [-0.1, -0.05) is 12.1 Å². The van der Waals surface area contributed by atoms with Crippen LogP contribution in [-0.4, -0.2) is 26.8 Å². The van der Waals surface area contributed by atoms with E-state index in [1.807, 2.05) is 24.3 Å². The summed E-state index contributed by atoms with van der Waals surface area (Å²) in [5.74, 6) is 1.06. The SMILES string of the molecule is COc1ccc(/C=C/COC(C)=O)cc1OC. The second-order valence-electron chi connectivity index (χ2n) is 3.32. The molecule has 1 aromatic carbocycles. The molecule has 0 heterocycles. The van der Waals surface area contributed by atoms with Crippen molar-refractivity contribution in [2.45, 2.75) is 6.92 Å². The van der Waals surface area contributed by atoms with Crippen molar-refractivity contribution < 1.29 is 19.0 Å². The van der Waals surface area contributed by atoms with Crippen LogP contribution in [0.1, 0.15) is 12.5 Å². The first-order valence-electron chi connectivity index (χ1n) is 5.19. The molecule has 0 aromatic heterocycles. The molecule has 0 saturated heterocycles. The van der Waals surface area contributed by atoms with Crippen LogP contribution < -0.4 is 9.47 Å². The van der Waals surface area contributed by atoms with Crippen molar-refractivity contribution in [3.63, 3.8) is 0 Å². The van der Waals surface area contributed by atoms with Crippen LogP contribution in [0.4, 0.5) is 0 Å². The molecule has 1 rings (SSSR count). The molecule has 0 aliphatic heterocycles. The minimum Gasteiger partial charge on any atom is -0.493 e. The molecule has 0 radical (unpaired) electrons. The van der Waals surface area contributed by atoms with E-state index in [1.54, 1.807) is 20.3 Å². The van der Waals surface area contributed by atoms with Crippen molar-refractivity contribution in [1.29, 1.82) is 0 Å². The van der Waals surface area contributed by atoms with E-state index in [1.165, 1.54) is 6.92 Å². The lowest BCUT2D eigenvalue weighted by Crippen LogP contribution is -1.97. The van der Waals surface area contributed by atoms with E-state index < -0.39 is 0 Å². The van der Waals surface area contributed by atoms with Crippen molar-refractivity contribution in [3.8, 4) is 11.5 Å². The molecule has 0 N–H and O–H groups in total. The zero-order valence-electron chi connectivity index (χ0n) is 10.2. The van der Waals surface area contributed by atoms with Crippen molar-refractivity contribution in [2.75, 3.05) is 20.8 Å². The largest absolute Gasteiger partial charge is 0.493 e. The maximum Gasteiger partial charge on any atom is 0.302 e. The van der Waals surface area contributed by atoms with E-state index >= 15 is 0 Å². The van der Waals surface area contributed by atoms with Gasteiger partial charge in [0.15, 0.2) is 11.5 Å². The Morgan fingerprint density at radius 1 is 1.24 bits per heavy atom. The fourth-order valence-corrected chi connectivity index (χ4v) is 1.31. The minimum atomic E-state index is -0.290. The van der Waals surface area contributed by atoms with Gasteiger partial charge in [-0.2, -0.15) is 0 Å². The topological polar surface area (TPSA) is 44.8 Å². The van der Waals surface area contributed by atoms with Crippen LogP contribution in [0.15, 0.2) is 24.3 Å². The van der Waals surface area contributed by atoms with Crippen molar-refractivity contribution in [1.82, 2.24) is 0 Å². The highest BCUT2D eigenvalue weighted by Gasteiger charge is 2.02. The molecule has 0 aliphatic rings. The Morgan fingerprint density at radius 2 is 1.94 bits per heavy atom. The molecular formula is C13H16O4. The van der Waals surface area contributed by atoms with Gasteiger partial charge in [0.2, 0.25) is 0 Å². The molecule has 1 aromatic rings. The van der Waals surface area contributed by atoms with Crippen LogP contribution in [0.5, 0.6) is 11.5 Å². The van der Waals surface area contributed by atoms with Gasteiger partial charge in [0, 0.05) is 6.92 Å². The first-order chi connectivity index (χ1) is 8.17. The summed E-state index contributed by atoms with van der Waals surface area (Å²) < 4.78 is 15.1. The highest BCUT2D eigenvalue weighted by molar-refractivity contribution is 5.66. The molecule has 0 amide bonds. The normalized spacial score (nSPS) is 10.3. The Balaban J connectivity index is 2.68. The van der Waals surface area contributed by atoms with Gasteiger partial charge in [-0.3, -0.25) is 4.79 Å². The van der Waals surface area contributed by atoms with Gasteiger partial charge in [0.25, 0.3) is 0 Å². The van der Waals surface area contributed by atoms with Crippen LogP contribution in [-0.2, 0) is 9.53 Å². The van der Waals surface area contributed by atoms with Crippen LogP contribution in [0.3, 0.4) is 0 Å². The Morgan fingerprint density at radius 3 is 2.53 bits per heavy atom. The fourth-order valence-electron chi connectivity index (χ4n) is 1.31. The third kappa shape index (κ3) is 4.18. The molecule has 0 unspecified atom stereocenters. The lowest BCUT2D eigenvalue weighted by atomic mass is 10.2. The molecule has 4 nitrogen and oxygen atoms in total. The molecular weight excluding hydrogens is 220 g/mol. The molecule has 0 saturated carbocycles. The van der Waals surface area contributed by atoms with E-state index in [0.29, 0.717) is 11.5 Å². The summed E-state index contributed by atoms with van der Waals surface area (Å²) in [7, 11) is 3.18. The Bertz CT molecular complexity index is 410. The van der Waals surface area contributed by atoms with E-state index in [4.69, 9.17) is 14.2 Å². The average molecular weight is 236 g/mol. The Hall–Kier alpha value is -1.97. The predicted molar refractivity (Wildman–Crippen MR) is 65.2 cm³/mol. The zero-order chi connectivity index (χ0) is 12.7. The third-order valence-electron chi connectivity index (χ3n) is 2.10. The standard InChI is InChI=1S/C13H16O4/c1-10(14)17-8-4-5-11-6-7-12(15-2)13(9-11)16-3/h4-7,9H,8H2,1-3H3/b5-4+. The molecule has 17 heavy (non-hydrogen) atoms. The molecule has 0 fully saturated rings. The number of methoxy groups -OCH3 is 2. The maximum atomic E-state index is 10.5. The second-order valence-corrected chi connectivity index (χ2v) is 3.32. The van der Waals surface area contributed by atoms with Gasteiger partial charge in [-0.15, -0.1) is 0 Å². The van der Waals surface area contributed by atoms with Crippen molar-refractivity contribution >= 4 is 12.0 Å². The monoisotopic (exact) mass is 236 g/mol. The highest BCUT2D eigenvalue weighted by atomic mass is 16.5. The van der Waals surface area contributed by atoms with Gasteiger partial charge in [-0.25, -0.2) is 0 Å². The number of rotatable bonds is 5. The molecule has 0 atom stereocenters. The quantitative estimate of drug-likeness (QED) is 0.736. The first kappa shape index (κ1) is 13.1. The molecule has 4 heteroatoms. The summed E-state index contributed by atoms with van der Waals surface area (Å²) in [5.41, 5.74) is 0.954. The molecule has 0 spiro atoms. The van der Waals surface area contributed by atoms with Crippen LogP contribution in [0, 0.1) is 0 Å². The van der Waals surface area contributed by atoms with Crippen LogP contribution >= 0.6 is 0 Å². The predicted octanol–water partition coefficient (Wildman–Crippen LogP) is 2.28. The van der Waals surface area contributed by atoms with Crippen molar-refractivity contribution in [2.24, 2.45) is 0 Å². The summed E-state index contributed by atoms with van der Waals surface area (Å²) >= 11 is 0. The number of carbonyl (C=O) groups is 1. The number of hydrogen-bond donors (Lipinski definition) is 0. The fraction of sp³-hybridized carbons (Fsp3) is 0.308. The van der Waals surface area contributed by atoms with E-state index in [2.05, 4.69) is 0 Å². The lowest BCUT2D eigenvalue weighted by molar-refractivity contribution is -0.139. The van der Waals surface area contributed by atoms with E-state index in [-0.39, 0.29) is 12.6 Å². The summed E-state index contributed by atoms with van der Waals surface area (Å²) in [6, 6.07) is 5.57. The summed E-state index contributed by atoms with van der Waals surface area (Å²) in [4.78, 5) is 10.5. The van der Waals surface area contributed by atoms with Gasteiger partial charge >= 0.3 is 5.97 Å². The second kappa shape index (κ2) is 6.58. The molecule has 0 aliphatic carbocycles. The van der Waals surface area contributed by atoms with E-state index in [9.17, 15) is 4.79 Å². The number of hydrogen-bond acceptors (Lipinski definition) is 4. The number of esters is 1. The van der Waals surface area contributed by atoms with Gasteiger partial charge < -0.3 is 14.2 Å². The number of ether oxygens (including phenoxy) is 3. The summed E-state index contributed by atoms with van der Waals surface area (Å²) in [6.07, 6.45) is 3.62. The highest BCUT2D eigenvalue weighted by Crippen LogP contribution is 2.27. The third-order valence-corrected chi connectivity index (χ3v) is 2.10. The molecule has 92 valence electrons. The van der Waals surface area contributed by atoms with Gasteiger partial charge in [0.05, 0.1) is 14.2 Å².